The van der Waals surface area contributed by atoms with Gasteiger partial charge in [0.15, 0.2) is 0 Å². The Labute approximate surface area is 131 Å². The van der Waals surface area contributed by atoms with Crippen LogP contribution in [-0.2, 0) is 11.3 Å². The summed E-state index contributed by atoms with van der Waals surface area (Å²) in [6.45, 7) is 5.62. The molecule has 22 heavy (non-hydrogen) atoms. The molecular formula is C17H25N3O2. The summed E-state index contributed by atoms with van der Waals surface area (Å²) in [6, 6.07) is 7.12. The van der Waals surface area contributed by atoms with E-state index < -0.39 is 0 Å². The van der Waals surface area contributed by atoms with Crippen molar-refractivity contribution in [1.29, 1.82) is 0 Å². The number of benzene rings is 1. The fourth-order valence-corrected chi connectivity index (χ4v) is 2.87. The molecule has 0 aromatic heterocycles. The Morgan fingerprint density at radius 3 is 2.55 bits per heavy atom. The zero-order chi connectivity index (χ0) is 16.2. The summed E-state index contributed by atoms with van der Waals surface area (Å²) in [6.07, 6.45) is 2.16. The molecule has 1 aliphatic heterocycles. The Morgan fingerprint density at radius 1 is 1.27 bits per heavy atom. The minimum Gasteiger partial charge on any atom is -0.355 e. The maximum atomic E-state index is 12.4. The van der Waals surface area contributed by atoms with Gasteiger partial charge in [0, 0.05) is 19.2 Å². The standard InChI is InChI=1S/C17H25N3O2/c1-17(2)9-4-10-19-14(17)16(22)20-11-12-5-7-13(8-6-12)15(21)18-3/h5-8,14,19H,4,9-11H2,1-3H3,(H,18,21)(H,20,22). The minimum absolute atomic E-state index is 0.0224. The van der Waals surface area contributed by atoms with Crippen LogP contribution < -0.4 is 16.0 Å². The lowest BCUT2D eigenvalue weighted by Gasteiger charge is -2.38. The third kappa shape index (κ3) is 3.85. The lowest BCUT2D eigenvalue weighted by Crippen LogP contribution is -2.55. The van der Waals surface area contributed by atoms with Gasteiger partial charge < -0.3 is 16.0 Å². The Kier molecular flexibility index (Phi) is 5.19. The largest absolute Gasteiger partial charge is 0.355 e. The Morgan fingerprint density at radius 2 is 1.95 bits per heavy atom. The smallest absolute Gasteiger partial charge is 0.251 e. The Balaban J connectivity index is 1.92. The first-order valence-corrected chi connectivity index (χ1v) is 7.76. The van der Waals surface area contributed by atoms with Crippen LogP contribution in [0.5, 0.6) is 0 Å². The minimum atomic E-state index is -0.147. The monoisotopic (exact) mass is 303 g/mol. The lowest BCUT2D eigenvalue weighted by molar-refractivity contribution is -0.126. The molecule has 1 aromatic carbocycles. The highest BCUT2D eigenvalue weighted by molar-refractivity contribution is 5.93. The van der Waals surface area contributed by atoms with E-state index in [1.807, 2.05) is 12.1 Å². The van der Waals surface area contributed by atoms with Gasteiger partial charge >= 0.3 is 0 Å². The van der Waals surface area contributed by atoms with Crippen LogP contribution in [0, 0.1) is 5.41 Å². The molecule has 2 amide bonds. The molecule has 0 aliphatic carbocycles. The van der Waals surface area contributed by atoms with Crippen molar-refractivity contribution in [3.63, 3.8) is 0 Å². The van der Waals surface area contributed by atoms with Crippen molar-refractivity contribution in [2.75, 3.05) is 13.6 Å². The molecule has 1 heterocycles. The lowest BCUT2D eigenvalue weighted by atomic mass is 9.77. The second kappa shape index (κ2) is 6.92. The summed E-state index contributed by atoms with van der Waals surface area (Å²) in [5.74, 6) is -0.0659. The van der Waals surface area contributed by atoms with Crippen molar-refractivity contribution in [3.05, 3.63) is 35.4 Å². The average molecular weight is 303 g/mol. The summed E-state index contributed by atoms with van der Waals surface area (Å²) in [5.41, 5.74) is 1.58. The van der Waals surface area contributed by atoms with E-state index in [-0.39, 0.29) is 23.3 Å². The van der Waals surface area contributed by atoms with E-state index in [1.54, 1.807) is 19.2 Å². The zero-order valence-electron chi connectivity index (χ0n) is 13.5. The Hall–Kier alpha value is -1.88. The van der Waals surface area contributed by atoms with Gasteiger partial charge in [0.05, 0.1) is 6.04 Å². The molecule has 1 aliphatic rings. The SMILES string of the molecule is CNC(=O)c1ccc(CNC(=O)C2NCCCC2(C)C)cc1. The van der Waals surface area contributed by atoms with Crippen LogP contribution in [0.1, 0.15) is 42.6 Å². The first-order valence-electron chi connectivity index (χ1n) is 7.76. The molecular weight excluding hydrogens is 278 g/mol. The quantitative estimate of drug-likeness (QED) is 0.788. The number of amides is 2. The van der Waals surface area contributed by atoms with Crippen molar-refractivity contribution in [2.24, 2.45) is 5.41 Å². The average Bonchev–Trinajstić information content (AvgIpc) is 2.52. The molecule has 0 bridgehead atoms. The van der Waals surface area contributed by atoms with Crippen molar-refractivity contribution in [2.45, 2.75) is 39.3 Å². The number of nitrogens with one attached hydrogen (secondary N) is 3. The second-order valence-corrected chi connectivity index (χ2v) is 6.47. The van der Waals surface area contributed by atoms with E-state index >= 15 is 0 Å². The molecule has 1 saturated heterocycles. The van der Waals surface area contributed by atoms with Gasteiger partial charge in [-0.05, 0) is 42.5 Å². The fourth-order valence-electron chi connectivity index (χ4n) is 2.87. The summed E-state index contributed by atoms with van der Waals surface area (Å²) >= 11 is 0. The number of piperidine rings is 1. The van der Waals surface area contributed by atoms with Gasteiger partial charge in [0.1, 0.15) is 0 Å². The molecule has 1 aromatic rings. The number of hydrogen-bond acceptors (Lipinski definition) is 3. The predicted octanol–water partition coefficient (Wildman–Crippen LogP) is 1.44. The van der Waals surface area contributed by atoms with E-state index in [4.69, 9.17) is 0 Å². The van der Waals surface area contributed by atoms with E-state index in [9.17, 15) is 9.59 Å². The van der Waals surface area contributed by atoms with Gasteiger partial charge in [0.25, 0.3) is 5.91 Å². The van der Waals surface area contributed by atoms with Crippen LogP contribution in [0.25, 0.3) is 0 Å². The van der Waals surface area contributed by atoms with E-state index in [0.29, 0.717) is 12.1 Å². The number of carbonyl (C=O) groups is 2. The van der Waals surface area contributed by atoms with Crippen LogP contribution in [0.2, 0.25) is 0 Å². The molecule has 120 valence electrons. The van der Waals surface area contributed by atoms with Crippen molar-refractivity contribution in [1.82, 2.24) is 16.0 Å². The van der Waals surface area contributed by atoms with Crippen molar-refractivity contribution in [3.8, 4) is 0 Å². The molecule has 1 fully saturated rings. The van der Waals surface area contributed by atoms with E-state index in [2.05, 4.69) is 29.8 Å². The summed E-state index contributed by atoms with van der Waals surface area (Å²) in [5, 5.41) is 8.88. The normalized spacial score (nSPS) is 20.2. The molecule has 5 nitrogen and oxygen atoms in total. The van der Waals surface area contributed by atoms with E-state index in [1.165, 1.54) is 0 Å². The predicted molar refractivity (Wildman–Crippen MR) is 86.5 cm³/mol. The number of carbonyl (C=O) groups excluding carboxylic acids is 2. The first-order chi connectivity index (χ1) is 10.4. The molecule has 0 spiro atoms. The molecule has 3 N–H and O–H groups in total. The van der Waals surface area contributed by atoms with Gasteiger partial charge in [-0.15, -0.1) is 0 Å². The Bertz CT molecular complexity index is 537. The summed E-state index contributed by atoms with van der Waals surface area (Å²) in [7, 11) is 1.61. The van der Waals surface area contributed by atoms with Crippen LogP contribution in [0.4, 0.5) is 0 Å². The van der Waals surface area contributed by atoms with Crippen molar-refractivity contribution < 1.29 is 9.59 Å². The van der Waals surface area contributed by atoms with Gasteiger partial charge in [0.2, 0.25) is 5.91 Å². The fraction of sp³-hybridized carbons (Fsp3) is 0.529. The highest BCUT2D eigenvalue weighted by Crippen LogP contribution is 2.30. The first kappa shape index (κ1) is 16.5. The van der Waals surface area contributed by atoms with Crippen LogP contribution >= 0.6 is 0 Å². The van der Waals surface area contributed by atoms with Crippen LogP contribution in [0.15, 0.2) is 24.3 Å². The topological polar surface area (TPSA) is 70.2 Å². The summed E-state index contributed by atoms with van der Waals surface area (Å²) < 4.78 is 0. The maximum absolute atomic E-state index is 12.4. The number of hydrogen-bond donors (Lipinski definition) is 3. The third-order valence-corrected chi connectivity index (χ3v) is 4.30. The molecule has 0 radical (unpaired) electrons. The third-order valence-electron chi connectivity index (χ3n) is 4.30. The summed E-state index contributed by atoms with van der Waals surface area (Å²) in [4.78, 5) is 23.9. The highest BCUT2D eigenvalue weighted by Gasteiger charge is 2.36. The molecule has 5 heteroatoms. The highest BCUT2D eigenvalue weighted by atomic mass is 16.2. The molecule has 1 atom stereocenters. The van der Waals surface area contributed by atoms with Gasteiger partial charge in [-0.3, -0.25) is 9.59 Å². The van der Waals surface area contributed by atoms with Gasteiger partial charge in [-0.1, -0.05) is 26.0 Å². The van der Waals surface area contributed by atoms with Crippen LogP contribution in [-0.4, -0.2) is 31.4 Å². The van der Waals surface area contributed by atoms with Gasteiger partial charge in [-0.25, -0.2) is 0 Å². The van der Waals surface area contributed by atoms with Crippen molar-refractivity contribution >= 4 is 11.8 Å². The molecule has 1 unspecified atom stereocenters. The number of rotatable bonds is 4. The molecule has 2 rings (SSSR count). The molecule has 0 saturated carbocycles. The second-order valence-electron chi connectivity index (χ2n) is 6.47. The van der Waals surface area contributed by atoms with Gasteiger partial charge in [-0.2, -0.15) is 0 Å². The zero-order valence-corrected chi connectivity index (χ0v) is 13.5. The maximum Gasteiger partial charge on any atom is 0.251 e. The van der Waals surface area contributed by atoms with Crippen LogP contribution in [0.3, 0.4) is 0 Å². The van der Waals surface area contributed by atoms with E-state index in [0.717, 1.165) is 24.9 Å².